The third kappa shape index (κ3) is 2.56. The summed E-state index contributed by atoms with van der Waals surface area (Å²) in [6.07, 6.45) is 0. The number of hydrogen-bond acceptors (Lipinski definition) is 2. The molecule has 0 fully saturated rings. The molecular formula is C15H13Br2ClOS. The Balaban J connectivity index is 2.02. The van der Waals surface area contributed by atoms with E-state index >= 15 is 0 Å². The maximum atomic E-state index is 6.66. The number of alkyl halides is 1. The molecule has 0 spiro atoms. The highest BCUT2D eigenvalue weighted by molar-refractivity contribution is 9.12. The van der Waals surface area contributed by atoms with Crippen LogP contribution in [-0.2, 0) is 5.41 Å². The van der Waals surface area contributed by atoms with E-state index in [1.165, 1.54) is 5.56 Å². The van der Waals surface area contributed by atoms with Crippen LogP contribution in [-0.4, -0.2) is 6.61 Å². The summed E-state index contributed by atoms with van der Waals surface area (Å²) in [6, 6.07) is 8.33. The molecule has 0 aliphatic carbocycles. The van der Waals surface area contributed by atoms with Crippen molar-refractivity contribution in [1.29, 1.82) is 0 Å². The fraction of sp³-hybridized carbons (Fsp3) is 0.333. The molecule has 1 atom stereocenters. The van der Waals surface area contributed by atoms with E-state index in [4.69, 9.17) is 16.3 Å². The molecule has 0 saturated heterocycles. The molecule has 20 heavy (non-hydrogen) atoms. The highest BCUT2D eigenvalue weighted by Gasteiger charge is 2.32. The summed E-state index contributed by atoms with van der Waals surface area (Å²) in [5.74, 6) is 0.980. The molecule has 1 aliphatic heterocycles. The molecule has 1 aromatic carbocycles. The highest BCUT2D eigenvalue weighted by Crippen LogP contribution is 2.44. The van der Waals surface area contributed by atoms with Crippen molar-refractivity contribution in [3.63, 3.8) is 0 Å². The third-order valence-corrected chi connectivity index (χ3v) is 6.44. The third-order valence-electron chi connectivity index (χ3n) is 3.57. The second-order valence-corrected chi connectivity index (χ2v) is 9.76. The summed E-state index contributed by atoms with van der Waals surface area (Å²) in [7, 11) is 0. The van der Waals surface area contributed by atoms with E-state index in [9.17, 15) is 0 Å². The van der Waals surface area contributed by atoms with Gasteiger partial charge < -0.3 is 4.74 Å². The molecule has 106 valence electrons. The topological polar surface area (TPSA) is 9.23 Å². The average Bonchev–Trinajstić information content (AvgIpc) is 2.88. The fourth-order valence-corrected chi connectivity index (χ4v) is 5.81. The Bertz CT molecular complexity index is 666. The number of benzene rings is 1. The van der Waals surface area contributed by atoms with Crippen molar-refractivity contribution >= 4 is 54.8 Å². The second-order valence-electron chi connectivity index (χ2n) is 5.57. The minimum absolute atomic E-state index is 0.0500. The van der Waals surface area contributed by atoms with Crippen molar-refractivity contribution in [3.8, 4) is 5.75 Å². The molecule has 0 N–H and O–H groups in total. The van der Waals surface area contributed by atoms with E-state index in [1.807, 2.05) is 6.07 Å². The van der Waals surface area contributed by atoms with Gasteiger partial charge in [0.1, 0.15) is 5.75 Å². The Hall–Kier alpha value is -0.0300. The summed E-state index contributed by atoms with van der Waals surface area (Å²) < 4.78 is 7.87. The van der Waals surface area contributed by atoms with Gasteiger partial charge in [0.2, 0.25) is 0 Å². The number of ether oxygens (including phenoxy) is 1. The first-order valence-corrected chi connectivity index (χ1v) is 9.08. The highest BCUT2D eigenvalue weighted by atomic mass is 79.9. The smallest absolute Gasteiger partial charge is 0.123 e. The lowest BCUT2D eigenvalue weighted by molar-refractivity contribution is 0.291. The van der Waals surface area contributed by atoms with Crippen LogP contribution in [0.2, 0.25) is 0 Å². The van der Waals surface area contributed by atoms with Gasteiger partial charge in [-0.05, 0) is 55.6 Å². The van der Waals surface area contributed by atoms with E-state index in [1.54, 1.807) is 11.3 Å². The average molecular weight is 437 g/mol. The van der Waals surface area contributed by atoms with Crippen molar-refractivity contribution in [2.45, 2.75) is 24.6 Å². The molecule has 0 bridgehead atoms. The van der Waals surface area contributed by atoms with Crippen molar-refractivity contribution in [2.24, 2.45) is 0 Å². The van der Waals surface area contributed by atoms with Gasteiger partial charge in [-0.3, -0.25) is 0 Å². The monoisotopic (exact) mass is 434 g/mol. The first kappa shape index (κ1) is 14.9. The molecule has 5 heteroatoms. The van der Waals surface area contributed by atoms with E-state index in [0.717, 1.165) is 31.1 Å². The van der Waals surface area contributed by atoms with E-state index in [0.29, 0.717) is 0 Å². The van der Waals surface area contributed by atoms with E-state index in [2.05, 4.69) is 63.9 Å². The van der Waals surface area contributed by atoms with Crippen molar-refractivity contribution in [3.05, 3.63) is 48.5 Å². The molecular weight excluding hydrogens is 423 g/mol. The predicted octanol–water partition coefficient (Wildman–Crippen LogP) is 6.27. The molecule has 0 radical (unpaired) electrons. The number of thiophene rings is 1. The van der Waals surface area contributed by atoms with Crippen molar-refractivity contribution in [2.75, 3.05) is 6.61 Å². The molecule has 3 rings (SSSR count). The number of rotatable bonds is 2. The Morgan fingerprint density at radius 1 is 1.30 bits per heavy atom. The summed E-state index contributed by atoms with van der Waals surface area (Å²) in [5, 5.41) is -0.159. The lowest BCUT2D eigenvalue weighted by Gasteiger charge is -2.17. The van der Waals surface area contributed by atoms with Gasteiger partial charge in [0.25, 0.3) is 0 Å². The van der Waals surface area contributed by atoms with Gasteiger partial charge in [0.05, 0.1) is 19.6 Å². The van der Waals surface area contributed by atoms with Gasteiger partial charge in [0.15, 0.2) is 0 Å². The van der Waals surface area contributed by atoms with E-state index in [-0.39, 0.29) is 10.8 Å². The fourth-order valence-electron chi connectivity index (χ4n) is 2.40. The van der Waals surface area contributed by atoms with Crippen LogP contribution in [0.1, 0.15) is 35.9 Å². The summed E-state index contributed by atoms with van der Waals surface area (Å²) in [4.78, 5) is 0. The maximum Gasteiger partial charge on any atom is 0.123 e. The van der Waals surface area contributed by atoms with Crippen LogP contribution in [0, 0.1) is 0 Å². The molecule has 2 heterocycles. The van der Waals surface area contributed by atoms with Crippen LogP contribution < -0.4 is 4.74 Å². The first-order chi connectivity index (χ1) is 9.38. The lowest BCUT2D eigenvalue weighted by atomic mass is 9.85. The number of hydrogen-bond donors (Lipinski definition) is 0. The first-order valence-electron chi connectivity index (χ1n) is 6.24. The Morgan fingerprint density at radius 3 is 2.70 bits per heavy atom. The van der Waals surface area contributed by atoms with E-state index < -0.39 is 0 Å². The van der Waals surface area contributed by atoms with Crippen LogP contribution in [0.15, 0.2) is 31.8 Å². The SMILES string of the molecule is CC1(C)COc2ccc(C(Cl)c3cc(Br)sc3Br)cc21. The molecule has 1 unspecified atom stereocenters. The minimum atomic E-state index is -0.159. The molecule has 0 saturated carbocycles. The quantitative estimate of drug-likeness (QED) is 0.504. The van der Waals surface area contributed by atoms with Crippen LogP contribution >= 0.6 is 54.8 Å². The zero-order valence-corrected chi connectivity index (χ0v) is 15.8. The van der Waals surface area contributed by atoms with Crippen molar-refractivity contribution < 1.29 is 4.74 Å². The normalized spacial score (nSPS) is 17.6. The maximum absolute atomic E-state index is 6.66. The van der Waals surface area contributed by atoms with Crippen LogP contribution in [0.25, 0.3) is 0 Å². The predicted molar refractivity (Wildman–Crippen MR) is 92.4 cm³/mol. The largest absolute Gasteiger partial charge is 0.492 e. The molecule has 0 amide bonds. The summed E-state index contributed by atoms with van der Waals surface area (Å²) in [5.41, 5.74) is 3.50. The van der Waals surface area contributed by atoms with Gasteiger partial charge >= 0.3 is 0 Å². The van der Waals surface area contributed by atoms with Crippen LogP contribution in [0.5, 0.6) is 5.75 Å². The zero-order valence-electron chi connectivity index (χ0n) is 11.0. The molecule has 1 nitrogen and oxygen atoms in total. The van der Waals surface area contributed by atoms with Crippen molar-refractivity contribution in [1.82, 2.24) is 0 Å². The van der Waals surface area contributed by atoms with Gasteiger partial charge in [-0.2, -0.15) is 0 Å². The Morgan fingerprint density at radius 2 is 2.05 bits per heavy atom. The standard InChI is InChI=1S/C15H13Br2ClOS/c1-15(2)7-19-11-4-3-8(5-10(11)15)13(18)9-6-12(16)20-14(9)17/h3-6,13H,7H2,1-2H3. The van der Waals surface area contributed by atoms with Crippen LogP contribution in [0.3, 0.4) is 0 Å². The summed E-state index contributed by atoms with van der Waals surface area (Å²) in [6.45, 7) is 5.12. The number of fused-ring (bicyclic) bond motifs is 1. The van der Waals surface area contributed by atoms with Gasteiger partial charge in [-0.25, -0.2) is 0 Å². The minimum Gasteiger partial charge on any atom is -0.492 e. The Kier molecular flexibility index (Phi) is 3.95. The summed E-state index contributed by atoms with van der Waals surface area (Å²) >= 11 is 15.4. The van der Waals surface area contributed by atoms with Crippen LogP contribution in [0.4, 0.5) is 0 Å². The molecule has 1 aromatic heterocycles. The van der Waals surface area contributed by atoms with Gasteiger partial charge in [0, 0.05) is 16.5 Å². The Labute approximate surface area is 144 Å². The van der Waals surface area contributed by atoms with Gasteiger partial charge in [-0.1, -0.05) is 19.9 Å². The molecule has 2 aromatic rings. The molecule has 1 aliphatic rings. The second kappa shape index (κ2) is 5.31. The zero-order chi connectivity index (χ0) is 14.5. The number of halogens is 3. The lowest BCUT2D eigenvalue weighted by Crippen LogP contribution is -2.18. The van der Waals surface area contributed by atoms with Gasteiger partial charge in [-0.15, -0.1) is 22.9 Å².